The summed E-state index contributed by atoms with van der Waals surface area (Å²) in [7, 11) is 0. The summed E-state index contributed by atoms with van der Waals surface area (Å²) in [6.07, 6.45) is 3.37. The van der Waals surface area contributed by atoms with Gasteiger partial charge in [0.1, 0.15) is 0 Å². The van der Waals surface area contributed by atoms with Gasteiger partial charge in [-0.05, 0) is 36.0 Å². The highest BCUT2D eigenvalue weighted by Crippen LogP contribution is 2.22. The van der Waals surface area contributed by atoms with Crippen LogP contribution in [0.15, 0.2) is 24.3 Å². The molecule has 0 aliphatic heterocycles. The smallest absolute Gasteiger partial charge is 0.251 e. The predicted octanol–water partition coefficient (Wildman–Crippen LogP) is 2.52. The molecule has 2 amide bonds. The van der Waals surface area contributed by atoms with Crippen LogP contribution in [0.5, 0.6) is 0 Å². The number of carbonyl (C=O) groups is 2. The highest BCUT2D eigenvalue weighted by atomic mass is 16.3. The molecule has 0 aromatic heterocycles. The molecule has 0 spiro atoms. The maximum atomic E-state index is 12.1. The van der Waals surface area contributed by atoms with Crippen molar-refractivity contribution in [1.29, 1.82) is 0 Å². The second-order valence-corrected chi connectivity index (χ2v) is 7.86. The highest BCUT2D eigenvalue weighted by molar-refractivity contribution is 5.94. The third kappa shape index (κ3) is 5.85. The minimum Gasteiger partial charge on any atom is -0.391 e. The summed E-state index contributed by atoms with van der Waals surface area (Å²) in [5.41, 5.74) is 1.82. The average Bonchev–Trinajstić information content (AvgIpc) is 2.56. The van der Waals surface area contributed by atoms with Gasteiger partial charge in [-0.2, -0.15) is 0 Å². The topological polar surface area (TPSA) is 78.4 Å². The third-order valence-electron chi connectivity index (χ3n) is 4.73. The van der Waals surface area contributed by atoms with E-state index in [9.17, 15) is 14.7 Å². The number of aliphatic hydroxyl groups excluding tert-OH is 1. The molecule has 1 fully saturated rings. The van der Waals surface area contributed by atoms with E-state index in [0.29, 0.717) is 5.56 Å². The lowest BCUT2D eigenvalue weighted by molar-refractivity contribution is -0.122. The zero-order valence-corrected chi connectivity index (χ0v) is 15.5. The van der Waals surface area contributed by atoms with Crippen LogP contribution in [0.2, 0.25) is 0 Å². The molecule has 3 N–H and O–H groups in total. The van der Waals surface area contributed by atoms with Gasteiger partial charge in [0.15, 0.2) is 0 Å². The number of hydrogen-bond donors (Lipinski definition) is 3. The minimum atomic E-state index is -0.450. The number of amides is 2. The lowest BCUT2D eigenvalue weighted by Gasteiger charge is -2.28. The maximum absolute atomic E-state index is 12.1. The van der Waals surface area contributed by atoms with E-state index in [4.69, 9.17) is 0 Å². The molecule has 1 saturated carbocycles. The first-order valence-corrected chi connectivity index (χ1v) is 9.13. The Labute approximate surface area is 150 Å². The van der Waals surface area contributed by atoms with Crippen molar-refractivity contribution in [3.8, 4) is 0 Å². The van der Waals surface area contributed by atoms with E-state index in [0.717, 1.165) is 25.7 Å². The van der Waals surface area contributed by atoms with E-state index in [2.05, 4.69) is 31.4 Å². The van der Waals surface area contributed by atoms with Crippen LogP contribution in [0.4, 0.5) is 0 Å². The van der Waals surface area contributed by atoms with Crippen molar-refractivity contribution in [2.75, 3.05) is 6.54 Å². The summed E-state index contributed by atoms with van der Waals surface area (Å²) in [4.78, 5) is 24.1. The van der Waals surface area contributed by atoms with Crippen LogP contribution in [0.3, 0.4) is 0 Å². The number of rotatable bonds is 5. The largest absolute Gasteiger partial charge is 0.391 e. The average molecular weight is 346 g/mol. The molecule has 0 bridgehead atoms. The summed E-state index contributed by atoms with van der Waals surface area (Å²) in [5.74, 6) is -0.305. The fraction of sp³-hybridized carbons (Fsp3) is 0.600. The molecule has 0 heterocycles. The summed E-state index contributed by atoms with van der Waals surface area (Å²) in [6.45, 7) is 6.67. The van der Waals surface area contributed by atoms with Crippen LogP contribution in [0.1, 0.15) is 68.8 Å². The Morgan fingerprint density at radius 1 is 1.12 bits per heavy atom. The van der Waals surface area contributed by atoms with E-state index in [1.165, 1.54) is 5.56 Å². The normalized spacial score (nSPS) is 20.8. The van der Waals surface area contributed by atoms with Gasteiger partial charge in [-0.25, -0.2) is 0 Å². The first kappa shape index (κ1) is 19.4. The van der Waals surface area contributed by atoms with Gasteiger partial charge in [0.05, 0.1) is 12.1 Å². The molecule has 2 atom stereocenters. The first-order valence-electron chi connectivity index (χ1n) is 9.13. The molecule has 2 unspecified atom stereocenters. The van der Waals surface area contributed by atoms with E-state index < -0.39 is 6.10 Å². The van der Waals surface area contributed by atoms with Crippen LogP contribution in [0.25, 0.3) is 0 Å². The summed E-state index contributed by atoms with van der Waals surface area (Å²) in [6, 6.07) is 7.41. The van der Waals surface area contributed by atoms with E-state index in [-0.39, 0.29) is 36.2 Å². The lowest BCUT2D eigenvalue weighted by atomic mass is 9.87. The van der Waals surface area contributed by atoms with Crippen LogP contribution in [-0.4, -0.2) is 35.6 Å². The standard InChI is InChI=1S/C20H30N2O3/c1-20(2,3)15-10-8-14(9-11-15)19(25)21-13-12-18(24)22-16-6-4-5-7-17(16)23/h8-11,16-17,23H,4-7,12-13H2,1-3H3,(H,21,25)(H,22,24). The Hall–Kier alpha value is -1.88. The Kier molecular flexibility index (Phi) is 6.59. The van der Waals surface area contributed by atoms with Crippen LogP contribution < -0.4 is 10.6 Å². The van der Waals surface area contributed by atoms with E-state index in [1.54, 1.807) is 0 Å². The molecule has 2 rings (SSSR count). The molecule has 25 heavy (non-hydrogen) atoms. The zero-order valence-electron chi connectivity index (χ0n) is 15.5. The Bertz CT molecular complexity index is 590. The Morgan fingerprint density at radius 2 is 1.76 bits per heavy atom. The molecule has 1 aromatic carbocycles. The second kappa shape index (κ2) is 8.48. The maximum Gasteiger partial charge on any atom is 0.251 e. The van der Waals surface area contributed by atoms with Gasteiger partial charge in [0.2, 0.25) is 5.91 Å². The summed E-state index contributed by atoms with van der Waals surface area (Å²) < 4.78 is 0. The first-order chi connectivity index (χ1) is 11.8. The number of hydrogen-bond acceptors (Lipinski definition) is 3. The molecule has 0 radical (unpaired) electrons. The molecular weight excluding hydrogens is 316 g/mol. The van der Waals surface area contributed by atoms with Gasteiger partial charge >= 0.3 is 0 Å². The van der Waals surface area contributed by atoms with Crippen LogP contribution in [-0.2, 0) is 10.2 Å². The fourth-order valence-corrected chi connectivity index (χ4v) is 3.07. The molecule has 1 aromatic rings. The van der Waals surface area contributed by atoms with Crippen molar-refractivity contribution in [2.24, 2.45) is 0 Å². The van der Waals surface area contributed by atoms with Crippen LogP contribution in [0, 0.1) is 0 Å². The summed E-state index contributed by atoms with van der Waals surface area (Å²) >= 11 is 0. The molecule has 1 aliphatic carbocycles. The monoisotopic (exact) mass is 346 g/mol. The molecular formula is C20H30N2O3. The molecule has 1 aliphatic rings. The van der Waals surface area contributed by atoms with Gasteiger partial charge < -0.3 is 15.7 Å². The molecule has 0 saturated heterocycles. The van der Waals surface area contributed by atoms with Gasteiger partial charge in [-0.3, -0.25) is 9.59 Å². The van der Waals surface area contributed by atoms with Crippen molar-refractivity contribution in [3.05, 3.63) is 35.4 Å². The van der Waals surface area contributed by atoms with E-state index in [1.807, 2.05) is 24.3 Å². The van der Waals surface area contributed by atoms with Crippen molar-refractivity contribution in [2.45, 2.75) is 70.4 Å². The number of nitrogens with one attached hydrogen (secondary N) is 2. The minimum absolute atomic E-state index is 0.0524. The fourth-order valence-electron chi connectivity index (χ4n) is 3.07. The predicted molar refractivity (Wildman–Crippen MR) is 98.5 cm³/mol. The second-order valence-electron chi connectivity index (χ2n) is 7.86. The quantitative estimate of drug-likeness (QED) is 0.766. The SMILES string of the molecule is CC(C)(C)c1ccc(C(=O)NCCC(=O)NC2CCCCC2O)cc1. The van der Waals surface area contributed by atoms with E-state index >= 15 is 0 Å². The zero-order chi connectivity index (χ0) is 18.4. The Balaban J connectivity index is 1.75. The number of carbonyl (C=O) groups excluding carboxylic acids is 2. The van der Waals surface area contributed by atoms with Gasteiger partial charge in [0.25, 0.3) is 5.91 Å². The summed E-state index contributed by atoms with van der Waals surface area (Å²) in [5, 5.41) is 15.5. The van der Waals surface area contributed by atoms with Gasteiger partial charge in [-0.1, -0.05) is 45.7 Å². The Morgan fingerprint density at radius 3 is 2.36 bits per heavy atom. The third-order valence-corrected chi connectivity index (χ3v) is 4.73. The van der Waals surface area contributed by atoms with Crippen molar-refractivity contribution in [1.82, 2.24) is 10.6 Å². The van der Waals surface area contributed by atoms with Gasteiger partial charge in [0, 0.05) is 18.5 Å². The number of aliphatic hydroxyl groups is 1. The number of benzene rings is 1. The highest BCUT2D eigenvalue weighted by Gasteiger charge is 2.24. The van der Waals surface area contributed by atoms with Crippen molar-refractivity contribution >= 4 is 11.8 Å². The van der Waals surface area contributed by atoms with Crippen LogP contribution >= 0.6 is 0 Å². The molecule has 5 heteroatoms. The van der Waals surface area contributed by atoms with Crippen molar-refractivity contribution in [3.63, 3.8) is 0 Å². The van der Waals surface area contributed by atoms with Crippen molar-refractivity contribution < 1.29 is 14.7 Å². The van der Waals surface area contributed by atoms with Gasteiger partial charge in [-0.15, -0.1) is 0 Å². The molecule has 138 valence electrons. The molecule has 5 nitrogen and oxygen atoms in total. The lowest BCUT2D eigenvalue weighted by Crippen LogP contribution is -2.45.